The Bertz CT molecular complexity index is 3840. The summed E-state index contributed by atoms with van der Waals surface area (Å²) in [4.78, 5) is 7.36. The van der Waals surface area contributed by atoms with Crippen LogP contribution in [-0.2, 0) is 6.42 Å². The smallest absolute Gasteiger partial charge is 0.256 e. The number of fused-ring (bicyclic) bond motifs is 8. The van der Waals surface area contributed by atoms with Crippen LogP contribution in [0.25, 0.3) is 0 Å². The molecule has 0 fully saturated rings. The van der Waals surface area contributed by atoms with E-state index in [1.807, 2.05) is 0 Å². The van der Waals surface area contributed by atoms with Gasteiger partial charge in [0.25, 0.3) is 13.4 Å². The highest BCUT2D eigenvalue weighted by Gasteiger charge is 2.48. The Hall–Kier alpha value is -8.87. The summed E-state index contributed by atoms with van der Waals surface area (Å²) in [5.74, 6) is 5.20. The fraction of sp³-hybridized carbons (Fsp3) is 0.130. The van der Waals surface area contributed by atoms with E-state index in [2.05, 4.69) is 260 Å². The van der Waals surface area contributed by atoms with Crippen molar-refractivity contribution in [3.8, 4) is 34.5 Å². The molecule has 6 nitrogen and oxygen atoms in total. The summed E-state index contributed by atoms with van der Waals surface area (Å²) in [7, 11) is 0. The Morgan fingerprint density at radius 2 is 0.896 bits per heavy atom. The molecule has 0 spiro atoms. The molecule has 0 aliphatic carbocycles. The van der Waals surface area contributed by atoms with Crippen LogP contribution in [0.1, 0.15) is 63.5 Å². The molecular formula is C69H57B2N3O3. The molecule has 10 aromatic rings. The molecule has 4 heterocycles. The Morgan fingerprint density at radius 1 is 0.403 bits per heavy atom. The van der Waals surface area contributed by atoms with Gasteiger partial charge in [0.15, 0.2) is 0 Å². The number of benzene rings is 10. The van der Waals surface area contributed by atoms with Crippen molar-refractivity contribution in [1.82, 2.24) is 0 Å². The van der Waals surface area contributed by atoms with Crippen molar-refractivity contribution in [2.75, 3.05) is 14.7 Å². The zero-order chi connectivity index (χ0) is 51.6. The number of para-hydroxylation sites is 5. The molecule has 10 aromatic carbocycles. The van der Waals surface area contributed by atoms with E-state index < -0.39 is 0 Å². The second kappa shape index (κ2) is 19.4. The van der Waals surface area contributed by atoms with Gasteiger partial charge in [0.1, 0.15) is 34.5 Å². The number of ether oxygens (including phenoxy) is 3. The first kappa shape index (κ1) is 46.6. The van der Waals surface area contributed by atoms with Gasteiger partial charge in [0, 0.05) is 75.5 Å². The van der Waals surface area contributed by atoms with Crippen LogP contribution in [0.2, 0.25) is 0 Å². The minimum absolute atomic E-state index is 0.130. The van der Waals surface area contributed by atoms with E-state index in [9.17, 15) is 0 Å². The van der Waals surface area contributed by atoms with Gasteiger partial charge in [0.05, 0.1) is 0 Å². The fourth-order valence-electron chi connectivity index (χ4n) is 12.6. The highest BCUT2D eigenvalue weighted by atomic mass is 16.5. The van der Waals surface area contributed by atoms with E-state index in [-0.39, 0.29) is 13.4 Å². The first-order chi connectivity index (χ1) is 38.0. The van der Waals surface area contributed by atoms with Crippen molar-refractivity contribution >= 4 is 97.4 Å². The van der Waals surface area contributed by atoms with Crippen molar-refractivity contribution in [1.29, 1.82) is 0 Å². The lowest BCUT2D eigenvalue weighted by molar-refractivity contribution is 0.463. The zero-order valence-electron chi connectivity index (χ0n) is 43.7. The van der Waals surface area contributed by atoms with E-state index >= 15 is 0 Å². The molecule has 0 N–H and O–H groups in total. The van der Waals surface area contributed by atoms with Gasteiger partial charge in [-0.2, -0.15) is 0 Å². The summed E-state index contributed by atoms with van der Waals surface area (Å²) >= 11 is 0. The molecule has 0 aromatic heterocycles. The molecule has 0 saturated heterocycles. The minimum atomic E-state index is -0.144. The van der Waals surface area contributed by atoms with Crippen LogP contribution < -0.4 is 61.7 Å². The van der Waals surface area contributed by atoms with E-state index in [1.54, 1.807) is 0 Å². The highest BCUT2D eigenvalue weighted by molar-refractivity contribution is 7.02. The lowest BCUT2D eigenvalue weighted by Gasteiger charge is -2.46. The van der Waals surface area contributed by atoms with Crippen LogP contribution >= 0.6 is 0 Å². The molecule has 1 atom stereocenters. The molecule has 77 heavy (non-hydrogen) atoms. The third-order valence-electron chi connectivity index (χ3n) is 16.1. The Labute approximate surface area is 452 Å². The average Bonchev–Trinajstić information content (AvgIpc) is 3.65. The van der Waals surface area contributed by atoms with Crippen molar-refractivity contribution < 1.29 is 14.2 Å². The van der Waals surface area contributed by atoms with Gasteiger partial charge >= 0.3 is 0 Å². The third-order valence-corrected chi connectivity index (χ3v) is 16.1. The van der Waals surface area contributed by atoms with Crippen LogP contribution in [0, 0.1) is 0 Å². The van der Waals surface area contributed by atoms with Gasteiger partial charge in [-0.15, -0.1) is 0 Å². The van der Waals surface area contributed by atoms with Crippen LogP contribution in [0.3, 0.4) is 0 Å². The lowest BCUT2D eigenvalue weighted by Crippen LogP contribution is -2.64. The van der Waals surface area contributed by atoms with E-state index in [1.165, 1.54) is 33.0 Å². The zero-order valence-corrected chi connectivity index (χ0v) is 43.7. The molecule has 372 valence electrons. The second-order valence-corrected chi connectivity index (χ2v) is 21.0. The SMILES string of the molecule is CCCCc1ccc(Oc2cc3c4c(c2)N(c2ccccc2)c2cc5c(cc2B4c2ccccc2O3)B2c3ccccc3N(c3ccccc3)c3cc(Oc4ccc(C(C)CCC)cc4)cc(c32)N5c2ccccc2)cc1. The molecule has 4 aliphatic rings. The maximum Gasteiger partial charge on any atom is 0.256 e. The number of hydrogen-bond donors (Lipinski definition) is 0. The molecule has 0 amide bonds. The summed E-state index contributed by atoms with van der Waals surface area (Å²) < 4.78 is 20.9. The van der Waals surface area contributed by atoms with Gasteiger partial charge in [-0.3, -0.25) is 0 Å². The number of rotatable bonds is 13. The first-order valence-corrected chi connectivity index (χ1v) is 27.5. The molecule has 8 heteroatoms. The van der Waals surface area contributed by atoms with Crippen molar-refractivity contribution in [2.45, 2.75) is 58.8 Å². The maximum absolute atomic E-state index is 7.06. The van der Waals surface area contributed by atoms with Crippen LogP contribution in [0.4, 0.5) is 51.2 Å². The predicted molar refractivity (Wildman–Crippen MR) is 321 cm³/mol. The summed E-state index contributed by atoms with van der Waals surface area (Å²) in [6.45, 7) is 6.53. The van der Waals surface area contributed by atoms with E-state index in [0.717, 1.165) is 123 Å². The second-order valence-electron chi connectivity index (χ2n) is 21.0. The lowest BCUT2D eigenvalue weighted by atomic mass is 9.30. The molecule has 1 unspecified atom stereocenters. The first-order valence-electron chi connectivity index (χ1n) is 27.5. The number of unbranched alkanes of at least 4 members (excludes halogenated alkanes) is 1. The molecule has 0 radical (unpaired) electrons. The van der Waals surface area contributed by atoms with Crippen molar-refractivity contribution in [3.05, 3.63) is 236 Å². The Balaban J connectivity index is 1.01. The monoisotopic (exact) mass is 997 g/mol. The standard InChI is InChI=1S/C69H57B2N3O3/c1-4-6-21-47-32-36-52(37-33-47)76-55-42-65-69-67(43-55)77-66-31-19-17-29-57(66)71(69)59-44-58-61(45-62(59)74(65)51-26-14-9-15-27-51)73(50-24-12-8-13-25-50)64-41-54(75-53-38-34-48(35-39-53)46(3)20-5-2)40-63-68(64)70(58)56-28-16-18-30-60(56)72(63)49-22-10-7-11-23-49/h7-19,22-46H,4-6,20-21H2,1-3H3. The number of aryl methyl sites for hydroxylation is 1. The molecule has 4 aliphatic heterocycles. The highest BCUT2D eigenvalue weighted by Crippen LogP contribution is 2.49. The van der Waals surface area contributed by atoms with E-state index in [0.29, 0.717) is 11.7 Å². The normalized spacial score (nSPS) is 13.6. The third kappa shape index (κ3) is 8.05. The molecule has 0 bridgehead atoms. The van der Waals surface area contributed by atoms with Crippen molar-refractivity contribution in [3.63, 3.8) is 0 Å². The fourth-order valence-corrected chi connectivity index (χ4v) is 12.6. The molecular weight excluding hydrogens is 940 g/mol. The molecule has 14 rings (SSSR count). The topological polar surface area (TPSA) is 37.4 Å². The van der Waals surface area contributed by atoms with Crippen LogP contribution in [0.5, 0.6) is 34.5 Å². The number of hydrogen-bond acceptors (Lipinski definition) is 6. The maximum atomic E-state index is 7.06. The summed E-state index contributed by atoms with van der Waals surface area (Å²) in [6.07, 6.45) is 5.67. The van der Waals surface area contributed by atoms with Gasteiger partial charge in [-0.05, 0) is 148 Å². The quantitative estimate of drug-likeness (QED) is 0.107. The Morgan fingerprint density at radius 3 is 1.48 bits per heavy atom. The predicted octanol–water partition coefficient (Wildman–Crippen LogP) is 15.0. The number of nitrogens with zero attached hydrogens (tertiary/aromatic N) is 3. The summed E-state index contributed by atoms with van der Waals surface area (Å²) in [6, 6.07) is 81.1. The molecule has 0 saturated carbocycles. The van der Waals surface area contributed by atoms with Gasteiger partial charge < -0.3 is 28.9 Å². The van der Waals surface area contributed by atoms with Gasteiger partial charge in [0.2, 0.25) is 0 Å². The summed E-state index contributed by atoms with van der Waals surface area (Å²) in [5, 5.41) is 0. The average molecular weight is 998 g/mol. The summed E-state index contributed by atoms with van der Waals surface area (Å²) in [5.41, 5.74) is 19.5. The largest absolute Gasteiger partial charge is 0.458 e. The minimum Gasteiger partial charge on any atom is -0.458 e. The van der Waals surface area contributed by atoms with Gasteiger partial charge in [-0.25, -0.2) is 0 Å². The Kier molecular flexibility index (Phi) is 11.7. The van der Waals surface area contributed by atoms with Gasteiger partial charge in [-0.1, -0.05) is 155 Å². The van der Waals surface area contributed by atoms with Crippen molar-refractivity contribution in [2.24, 2.45) is 0 Å². The van der Waals surface area contributed by atoms with Crippen LogP contribution in [-0.4, -0.2) is 13.4 Å². The van der Waals surface area contributed by atoms with E-state index in [4.69, 9.17) is 14.2 Å². The number of anilines is 9. The van der Waals surface area contributed by atoms with Crippen LogP contribution in [0.15, 0.2) is 224 Å².